The Morgan fingerprint density at radius 3 is 2.94 bits per heavy atom. The molecule has 1 aromatic carbocycles. The summed E-state index contributed by atoms with van der Waals surface area (Å²) in [4.78, 5) is 7.94. The summed E-state index contributed by atoms with van der Waals surface area (Å²) in [6, 6.07) is 4.52. The number of nitrogens with zero attached hydrogens (tertiary/aromatic N) is 2. The second-order valence-corrected chi connectivity index (χ2v) is 4.27. The van der Waals surface area contributed by atoms with E-state index in [0.717, 1.165) is 10.0 Å². The highest BCUT2D eigenvalue weighted by atomic mass is 79.9. The van der Waals surface area contributed by atoms with Crippen molar-refractivity contribution in [1.82, 2.24) is 9.97 Å². The Kier molecular flexibility index (Phi) is 3.53. The van der Waals surface area contributed by atoms with Gasteiger partial charge >= 0.3 is 0 Å². The molecule has 4 nitrogen and oxygen atoms in total. The Bertz CT molecular complexity index is 533. The number of aromatic nitrogens is 2. The number of halogens is 2. The Balaban J connectivity index is 2.09. The zero-order valence-corrected chi connectivity index (χ0v) is 10.4. The maximum absolute atomic E-state index is 13.0. The highest BCUT2D eigenvalue weighted by Crippen LogP contribution is 2.18. The van der Waals surface area contributed by atoms with E-state index >= 15 is 0 Å². The Labute approximate surface area is 106 Å². The van der Waals surface area contributed by atoms with Crippen molar-refractivity contribution >= 4 is 27.6 Å². The molecule has 0 saturated heterocycles. The molecule has 0 spiro atoms. The maximum atomic E-state index is 13.0. The number of benzene rings is 1. The van der Waals surface area contributed by atoms with Gasteiger partial charge in [0.05, 0.1) is 12.4 Å². The molecular weight excluding hydrogens is 287 g/mol. The molecule has 0 fully saturated rings. The van der Waals surface area contributed by atoms with Crippen molar-refractivity contribution < 1.29 is 4.39 Å². The van der Waals surface area contributed by atoms with Crippen LogP contribution in [0.5, 0.6) is 0 Å². The van der Waals surface area contributed by atoms with Gasteiger partial charge in [-0.2, -0.15) is 0 Å². The highest BCUT2D eigenvalue weighted by Gasteiger charge is 2.02. The molecule has 88 valence electrons. The van der Waals surface area contributed by atoms with E-state index in [1.165, 1.54) is 18.3 Å². The van der Waals surface area contributed by atoms with E-state index in [0.29, 0.717) is 18.2 Å². The SMILES string of the molecule is Nc1cncc(NCc2cc(F)ccc2Br)n1. The summed E-state index contributed by atoms with van der Waals surface area (Å²) in [7, 11) is 0. The Morgan fingerprint density at radius 2 is 2.18 bits per heavy atom. The van der Waals surface area contributed by atoms with Gasteiger partial charge in [0.15, 0.2) is 0 Å². The van der Waals surface area contributed by atoms with Gasteiger partial charge in [-0.05, 0) is 23.8 Å². The average Bonchev–Trinajstić information content (AvgIpc) is 2.30. The molecule has 0 bridgehead atoms. The number of nitrogens with one attached hydrogen (secondary N) is 1. The molecule has 17 heavy (non-hydrogen) atoms. The molecule has 0 aliphatic heterocycles. The highest BCUT2D eigenvalue weighted by molar-refractivity contribution is 9.10. The fourth-order valence-electron chi connectivity index (χ4n) is 1.33. The molecule has 1 heterocycles. The summed E-state index contributed by atoms with van der Waals surface area (Å²) >= 11 is 3.35. The molecule has 0 aliphatic carbocycles. The summed E-state index contributed by atoms with van der Waals surface area (Å²) in [5.74, 6) is 0.623. The van der Waals surface area contributed by atoms with Gasteiger partial charge in [-0.1, -0.05) is 15.9 Å². The molecule has 0 radical (unpaired) electrons. The number of hydrogen-bond acceptors (Lipinski definition) is 4. The number of rotatable bonds is 3. The fraction of sp³-hybridized carbons (Fsp3) is 0.0909. The number of anilines is 2. The molecule has 2 rings (SSSR count). The quantitative estimate of drug-likeness (QED) is 0.914. The largest absolute Gasteiger partial charge is 0.382 e. The van der Waals surface area contributed by atoms with Gasteiger partial charge in [-0.3, -0.25) is 4.98 Å². The topological polar surface area (TPSA) is 63.8 Å². The van der Waals surface area contributed by atoms with Crippen molar-refractivity contribution in [3.63, 3.8) is 0 Å². The first-order valence-corrected chi connectivity index (χ1v) is 5.70. The van der Waals surface area contributed by atoms with Crippen LogP contribution in [0.1, 0.15) is 5.56 Å². The van der Waals surface area contributed by atoms with Crippen molar-refractivity contribution in [2.45, 2.75) is 6.54 Å². The molecular formula is C11H10BrFN4. The summed E-state index contributed by atoms with van der Waals surface area (Å²) < 4.78 is 13.9. The van der Waals surface area contributed by atoms with Crippen LogP contribution in [-0.2, 0) is 6.54 Å². The fourth-order valence-corrected chi connectivity index (χ4v) is 1.72. The van der Waals surface area contributed by atoms with E-state index in [-0.39, 0.29) is 5.82 Å². The van der Waals surface area contributed by atoms with Crippen molar-refractivity contribution in [1.29, 1.82) is 0 Å². The van der Waals surface area contributed by atoms with Crippen LogP contribution in [-0.4, -0.2) is 9.97 Å². The predicted octanol–water partition coefficient (Wildman–Crippen LogP) is 2.57. The zero-order chi connectivity index (χ0) is 12.3. The maximum Gasteiger partial charge on any atom is 0.147 e. The Morgan fingerprint density at radius 1 is 1.35 bits per heavy atom. The second-order valence-electron chi connectivity index (χ2n) is 3.42. The van der Waals surface area contributed by atoms with Crippen LogP contribution in [0.25, 0.3) is 0 Å². The summed E-state index contributed by atoms with van der Waals surface area (Å²) in [6.07, 6.45) is 3.02. The van der Waals surface area contributed by atoms with Crippen LogP contribution >= 0.6 is 15.9 Å². The summed E-state index contributed by atoms with van der Waals surface area (Å²) in [5.41, 5.74) is 6.30. The number of nitrogens with two attached hydrogens (primary N) is 1. The van der Waals surface area contributed by atoms with Gasteiger partial charge < -0.3 is 11.1 Å². The van der Waals surface area contributed by atoms with Crippen LogP contribution < -0.4 is 11.1 Å². The van der Waals surface area contributed by atoms with Gasteiger partial charge in [0.2, 0.25) is 0 Å². The van der Waals surface area contributed by atoms with Crippen molar-refractivity contribution in [2.75, 3.05) is 11.1 Å². The van der Waals surface area contributed by atoms with E-state index in [4.69, 9.17) is 5.73 Å². The van der Waals surface area contributed by atoms with Crippen LogP contribution in [0.3, 0.4) is 0 Å². The minimum atomic E-state index is -0.274. The first kappa shape index (κ1) is 11.8. The zero-order valence-electron chi connectivity index (χ0n) is 8.82. The second kappa shape index (κ2) is 5.09. The molecule has 2 aromatic rings. The van der Waals surface area contributed by atoms with E-state index < -0.39 is 0 Å². The predicted molar refractivity (Wildman–Crippen MR) is 67.9 cm³/mol. The minimum absolute atomic E-state index is 0.274. The van der Waals surface area contributed by atoms with Gasteiger partial charge in [-0.15, -0.1) is 0 Å². The van der Waals surface area contributed by atoms with Crippen LogP contribution in [0.4, 0.5) is 16.0 Å². The lowest BCUT2D eigenvalue weighted by Crippen LogP contribution is -2.04. The minimum Gasteiger partial charge on any atom is -0.382 e. The molecule has 0 amide bonds. The number of nitrogen functional groups attached to an aromatic ring is 1. The first-order chi connectivity index (χ1) is 8.15. The normalized spacial score (nSPS) is 10.2. The molecule has 0 atom stereocenters. The molecule has 3 N–H and O–H groups in total. The standard InChI is InChI=1S/C11H10BrFN4/c12-9-2-1-8(13)3-7(9)4-16-11-6-15-5-10(14)17-11/h1-3,5-6H,4H2,(H3,14,16,17). The molecule has 0 saturated carbocycles. The van der Waals surface area contributed by atoms with E-state index in [2.05, 4.69) is 31.2 Å². The lowest BCUT2D eigenvalue weighted by atomic mass is 10.2. The van der Waals surface area contributed by atoms with Crippen molar-refractivity contribution in [3.05, 3.63) is 46.4 Å². The molecule has 6 heteroatoms. The van der Waals surface area contributed by atoms with Gasteiger partial charge in [0.25, 0.3) is 0 Å². The summed E-state index contributed by atoms with van der Waals surface area (Å²) in [6.45, 7) is 0.441. The van der Waals surface area contributed by atoms with Crippen LogP contribution in [0.15, 0.2) is 35.1 Å². The smallest absolute Gasteiger partial charge is 0.147 e. The lowest BCUT2D eigenvalue weighted by molar-refractivity contribution is 0.625. The van der Waals surface area contributed by atoms with Crippen LogP contribution in [0.2, 0.25) is 0 Å². The third kappa shape index (κ3) is 3.13. The monoisotopic (exact) mass is 296 g/mol. The van der Waals surface area contributed by atoms with Crippen LogP contribution in [0, 0.1) is 5.82 Å². The molecule has 1 aromatic heterocycles. The number of hydrogen-bond donors (Lipinski definition) is 2. The third-order valence-corrected chi connectivity index (χ3v) is 2.89. The van der Waals surface area contributed by atoms with Crippen molar-refractivity contribution in [3.8, 4) is 0 Å². The third-order valence-electron chi connectivity index (χ3n) is 2.12. The van der Waals surface area contributed by atoms with Crippen molar-refractivity contribution in [2.24, 2.45) is 0 Å². The van der Waals surface area contributed by atoms with E-state index in [1.807, 2.05) is 0 Å². The lowest BCUT2D eigenvalue weighted by Gasteiger charge is -2.07. The van der Waals surface area contributed by atoms with Gasteiger partial charge in [-0.25, -0.2) is 9.37 Å². The molecule has 0 aliphatic rings. The first-order valence-electron chi connectivity index (χ1n) is 4.90. The van der Waals surface area contributed by atoms with Gasteiger partial charge in [0, 0.05) is 11.0 Å². The van der Waals surface area contributed by atoms with E-state index in [1.54, 1.807) is 12.3 Å². The average molecular weight is 297 g/mol. The summed E-state index contributed by atoms with van der Waals surface area (Å²) in [5, 5.41) is 3.02. The van der Waals surface area contributed by atoms with E-state index in [9.17, 15) is 4.39 Å². The van der Waals surface area contributed by atoms with Gasteiger partial charge in [0.1, 0.15) is 17.5 Å². The molecule has 0 unspecified atom stereocenters. The Hall–Kier alpha value is -1.69.